The molecule has 0 fully saturated rings. The number of hydrogen-bond donors (Lipinski definition) is 0. The van der Waals surface area contributed by atoms with Gasteiger partial charge in [-0.25, -0.2) is 4.98 Å². The molecule has 0 saturated carbocycles. The molecule has 0 spiro atoms. The molecule has 0 bridgehead atoms. The summed E-state index contributed by atoms with van der Waals surface area (Å²) in [6.45, 7) is 0. The molecule has 2 aromatic heterocycles. The molecule has 2 heterocycles. The van der Waals surface area contributed by atoms with Crippen LogP contribution >= 0.6 is 22.9 Å². The molecule has 7 rings (SSSR count). The molecule has 0 aliphatic carbocycles. The SMILES string of the molecule is Clc1nc(-c2ccccc2)nc(-c2cccc3c2sc2c(-c4ccccc4-c4ccccc4)cccc23)n1. The van der Waals surface area contributed by atoms with Crippen LogP contribution in [0.2, 0.25) is 5.28 Å². The van der Waals surface area contributed by atoms with Crippen molar-refractivity contribution in [3.05, 3.63) is 127 Å². The zero-order valence-electron chi connectivity index (χ0n) is 20.2. The number of hydrogen-bond acceptors (Lipinski definition) is 4. The second kappa shape index (κ2) is 9.49. The third kappa shape index (κ3) is 3.95. The van der Waals surface area contributed by atoms with Crippen LogP contribution in [0.25, 0.3) is 65.2 Å². The highest BCUT2D eigenvalue weighted by Gasteiger charge is 2.18. The van der Waals surface area contributed by atoms with Crippen LogP contribution in [0.5, 0.6) is 0 Å². The van der Waals surface area contributed by atoms with E-state index in [1.807, 2.05) is 30.3 Å². The van der Waals surface area contributed by atoms with E-state index in [-0.39, 0.29) is 5.28 Å². The van der Waals surface area contributed by atoms with Gasteiger partial charge in [0.2, 0.25) is 5.28 Å². The fourth-order valence-electron chi connectivity index (χ4n) is 4.98. The molecule has 0 atom stereocenters. The molecule has 180 valence electrons. The number of rotatable bonds is 4. The average molecular weight is 526 g/mol. The number of thiophene rings is 1. The van der Waals surface area contributed by atoms with Gasteiger partial charge in [-0.2, -0.15) is 9.97 Å². The molecule has 0 unspecified atom stereocenters. The molecule has 5 aromatic carbocycles. The maximum Gasteiger partial charge on any atom is 0.226 e. The van der Waals surface area contributed by atoms with Crippen molar-refractivity contribution in [2.45, 2.75) is 0 Å². The summed E-state index contributed by atoms with van der Waals surface area (Å²) in [5.41, 5.74) is 6.71. The van der Waals surface area contributed by atoms with Gasteiger partial charge in [-0.15, -0.1) is 11.3 Å². The van der Waals surface area contributed by atoms with E-state index in [4.69, 9.17) is 16.6 Å². The second-order valence-electron chi connectivity index (χ2n) is 9.00. The van der Waals surface area contributed by atoms with Gasteiger partial charge in [0.05, 0.1) is 0 Å². The van der Waals surface area contributed by atoms with Crippen LogP contribution in [0.1, 0.15) is 0 Å². The molecule has 0 N–H and O–H groups in total. The molecule has 0 radical (unpaired) electrons. The van der Waals surface area contributed by atoms with E-state index in [1.54, 1.807) is 11.3 Å². The molecule has 7 aromatic rings. The first-order valence-corrected chi connectivity index (χ1v) is 13.5. The maximum atomic E-state index is 6.40. The maximum absolute atomic E-state index is 6.40. The van der Waals surface area contributed by atoms with Gasteiger partial charge in [-0.1, -0.05) is 115 Å². The topological polar surface area (TPSA) is 38.7 Å². The summed E-state index contributed by atoms with van der Waals surface area (Å²) in [5.74, 6) is 1.14. The van der Waals surface area contributed by atoms with E-state index in [9.17, 15) is 0 Å². The zero-order valence-corrected chi connectivity index (χ0v) is 21.7. The Morgan fingerprint density at radius 3 is 1.66 bits per heavy atom. The molecular weight excluding hydrogens is 506 g/mol. The highest BCUT2D eigenvalue weighted by atomic mass is 35.5. The fraction of sp³-hybridized carbons (Fsp3) is 0. The summed E-state index contributed by atoms with van der Waals surface area (Å²) in [7, 11) is 0. The van der Waals surface area contributed by atoms with E-state index in [1.165, 1.54) is 37.7 Å². The first kappa shape index (κ1) is 22.8. The van der Waals surface area contributed by atoms with Crippen molar-refractivity contribution in [3.63, 3.8) is 0 Å². The van der Waals surface area contributed by atoms with E-state index in [2.05, 4.69) is 101 Å². The van der Waals surface area contributed by atoms with Gasteiger partial charge in [0.25, 0.3) is 0 Å². The van der Waals surface area contributed by atoms with Gasteiger partial charge >= 0.3 is 0 Å². The first-order valence-electron chi connectivity index (χ1n) is 12.3. The Balaban J connectivity index is 1.45. The molecule has 0 aliphatic rings. The monoisotopic (exact) mass is 525 g/mol. The lowest BCUT2D eigenvalue weighted by molar-refractivity contribution is 1.07. The summed E-state index contributed by atoms with van der Waals surface area (Å²) in [4.78, 5) is 13.8. The van der Waals surface area contributed by atoms with Gasteiger partial charge in [0.1, 0.15) is 0 Å². The van der Waals surface area contributed by atoms with Crippen LogP contribution in [0.15, 0.2) is 121 Å². The average Bonchev–Trinajstić information content (AvgIpc) is 3.37. The molecule has 0 amide bonds. The Hall–Kier alpha value is -4.38. The molecule has 0 aliphatic heterocycles. The van der Waals surface area contributed by atoms with Crippen LogP contribution < -0.4 is 0 Å². The smallest absolute Gasteiger partial charge is 0.208 e. The minimum Gasteiger partial charge on any atom is -0.208 e. The summed E-state index contributed by atoms with van der Waals surface area (Å²) in [5, 5.41) is 2.58. The van der Waals surface area contributed by atoms with Crippen molar-refractivity contribution in [2.24, 2.45) is 0 Å². The predicted octanol–water partition coefficient (Wildman–Crippen LogP) is 9.56. The van der Waals surface area contributed by atoms with Crippen molar-refractivity contribution in [1.29, 1.82) is 0 Å². The number of nitrogens with zero attached hydrogens (tertiary/aromatic N) is 3. The van der Waals surface area contributed by atoms with Gasteiger partial charge in [0, 0.05) is 36.9 Å². The Kier molecular flexibility index (Phi) is 5.69. The Morgan fingerprint density at radius 1 is 0.421 bits per heavy atom. The minimum atomic E-state index is 0.185. The largest absolute Gasteiger partial charge is 0.226 e. The molecular formula is C33H20ClN3S. The van der Waals surface area contributed by atoms with E-state index < -0.39 is 0 Å². The first-order chi connectivity index (χ1) is 18.8. The van der Waals surface area contributed by atoms with E-state index in [0.717, 1.165) is 15.8 Å². The standard InChI is InChI=1S/C33H20ClN3S/c34-33-36-31(22-13-5-2-6-14-22)35-32(37-33)28-20-10-19-27-26-18-9-17-25(29(26)38-30(27)28)24-16-8-7-15-23(24)21-11-3-1-4-12-21/h1-20H. The Bertz CT molecular complexity index is 1930. The third-order valence-electron chi connectivity index (χ3n) is 6.71. The van der Waals surface area contributed by atoms with Crippen molar-refractivity contribution in [2.75, 3.05) is 0 Å². The normalized spacial score (nSPS) is 11.3. The van der Waals surface area contributed by atoms with Crippen molar-refractivity contribution in [1.82, 2.24) is 15.0 Å². The van der Waals surface area contributed by atoms with Crippen LogP contribution in [0.3, 0.4) is 0 Å². The highest BCUT2D eigenvalue weighted by Crippen LogP contribution is 2.45. The lowest BCUT2D eigenvalue weighted by atomic mass is 9.94. The van der Waals surface area contributed by atoms with Crippen LogP contribution in [-0.2, 0) is 0 Å². The van der Waals surface area contributed by atoms with Crippen molar-refractivity contribution < 1.29 is 0 Å². The summed E-state index contributed by atoms with van der Waals surface area (Å²) < 4.78 is 2.37. The Morgan fingerprint density at radius 2 is 0.947 bits per heavy atom. The third-order valence-corrected chi connectivity index (χ3v) is 8.16. The summed E-state index contributed by atoms with van der Waals surface area (Å²) in [6.07, 6.45) is 0. The van der Waals surface area contributed by atoms with Gasteiger partial charge in [-0.05, 0) is 34.4 Å². The fourth-order valence-corrected chi connectivity index (χ4v) is 6.48. The second-order valence-corrected chi connectivity index (χ2v) is 10.4. The van der Waals surface area contributed by atoms with Crippen LogP contribution in [0, 0.1) is 0 Å². The Labute approximate surface area is 229 Å². The summed E-state index contributed by atoms with van der Waals surface area (Å²) in [6, 6.07) is 41.9. The highest BCUT2D eigenvalue weighted by molar-refractivity contribution is 7.26. The molecule has 0 saturated heterocycles. The lowest BCUT2D eigenvalue weighted by Crippen LogP contribution is -1.97. The van der Waals surface area contributed by atoms with Crippen LogP contribution in [0.4, 0.5) is 0 Å². The van der Waals surface area contributed by atoms with Crippen LogP contribution in [-0.4, -0.2) is 15.0 Å². The van der Waals surface area contributed by atoms with Gasteiger partial charge in [-0.3, -0.25) is 0 Å². The minimum absolute atomic E-state index is 0.185. The van der Waals surface area contributed by atoms with Crippen molar-refractivity contribution >= 4 is 43.1 Å². The molecule has 38 heavy (non-hydrogen) atoms. The number of fused-ring (bicyclic) bond motifs is 3. The van der Waals surface area contributed by atoms with Gasteiger partial charge in [0.15, 0.2) is 11.6 Å². The lowest BCUT2D eigenvalue weighted by Gasteiger charge is -2.11. The summed E-state index contributed by atoms with van der Waals surface area (Å²) >= 11 is 8.17. The van der Waals surface area contributed by atoms with E-state index in [0.29, 0.717) is 11.6 Å². The quantitative estimate of drug-likeness (QED) is 0.229. The zero-order chi connectivity index (χ0) is 25.5. The number of benzene rings is 5. The predicted molar refractivity (Wildman–Crippen MR) is 159 cm³/mol. The van der Waals surface area contributed by atoms with Crippen molar-refractivity contribution in [3.8, 4) is 45.0 Å². The van der Waals surface area contributed by atoms with E-state index >= 15 is 0 Å². The molecule has 3 nitrogen and oxygen atoms in total. The van der Waals surface area contributed by atoms with Gasteiger partial charge < -0.3 is 0 Å². The molecule has 5 heteroatoms. The number of halogens is 1. The number of aromatic nitrogens is 3.